The number of hydrogen-bond acceptors (Lipinski definition) is 7. The van der Waals surface area contributed by atoms with Crippen molar-refractivity contribution in [3.8, 4) is 17.2 Å². The quantitative estimate of drug-likeness (QED) is 0.659. The maximum atomic E-state index is 12.3. The lowest BCUT2D eigenvalue weighted by Gasteiger charge is -2.18. The van der Waals surface area contributed by atoms with Gasteiger partial charge in [-0.3, -0.25) is 9.59 Å². The number of hydrogen-bond donors (Lipinski definition) is 1. The van der Waals surface area contributed by atoms with E-state index in [-0.39, 0.29) is 24.9 Å². The predicted molar refractivity (Wildman–Crippen MR) is 87.7 cm³/mol. The lowest BCUT2D eigenvalue weighted by molar-refractivity contribution is -0.118. The number of Topliss-reactive ketones (excluding diaryl/α,β-unsaturated/α-hetero) is 1. The first-order valence-electron chi connectivity index (χ1n) is 7.77. The van der Waals surface area contributed by atoms with Gasteiger partial charge in [-0.25, -0.2) is 4.79 Å². The number of esters is 1. The second kappa shape index (κ2) is 6.40. The van der Waals surface area contributed by atoms with Gasteiger partial charge in [-0.1, -0.05) is 0 Å². The van der Waals surface area contributed by atoms with E-state index in [9.17, 15) is 14.4 Å². The molecule has 2 aromatic carbocycles. The molecule has 8 heteroatoms. The predicted octanol–water partition coefficient (Wildman–Crippen LogP) is 1.79. The minimum atomic E-state index is -0.647. The van der Waals surface area contributed by atoms with Gasteiger partial charge in [0.05, 0.1) is 11.3 Å². The van der Waals surface area contributed by atoms with Crippen LogP contribution in [-0.2, 0) is 9.53 Å². The molecule has 2 aromatic rings. The van der Waals surface area contributed by atoms with Crippen LogP contribution in [0.5, 0.6) is 17.2 Å². The molecule has 0 aliphatic carbocycles. The Balaban J connectivity index is 1.41. The molecule has 0 radical (unpaired) electrons. The van der Waals surface area contributed by atoms with E-state index in [0.717, 1.165) is 0 Å². The summed E-state index contributed by atoms with van der Waals surface area (Å²) in [5, 5.41) is 2.62. The van der Waals surface area contributed by atoms with Crippen LogP contribution in [0.25, 0.3) is 0 Å². The number of ether oxygens (including phenoxy) is 4. The smallest absolute Gasteiger partial charge is 0.338 e. The van der Waals surface area contributed by atoms with Crippen LogP contribution >= 0.6 is 0 Å². The third-order valence-electron chi connectivity index (χ3n) is 3.88. The third kappa shape index (κ3) is 3.04. The third-order valence-corrected chi connectivity index (χ3v) is 3.88. The summed E-state index contributed by atoms with van der Waals surface area (Å²) in [7, 11) is 0. The van der Waals surface area contributed by atoms with E-state index in [0.29, 0.717) is 28.5 Å². The van der Waals surface area contributed by atoms with Crippen LogP contribution in [0, 0.1) is 0 Å². The molecule has 0 spiro atoms. The zero-order valence-electron chi connectivity index (χ0n) is 13.4. The molecule has 2 heterocycles. The molecule has 1 amide bonds. The maximum Gasteiger partial charge on any atom is 0.338 e. The topological polar surface area (TPSA) is 100 Å². The number of carbonyl (C=O) groups is 3. The number of fused-ring (bicyclic) bond motifs is 2. The molecule has 1 N–H and O–H groups in total. The summed E-state index contributed by atoms with van der Waals surface area (Å²) in [5.74, 6) is 0.148. The molecule has 0 atom stereocenters. The minimum Gasteiger partial charge on any atom is -0.482 e. The molecule has 26 heavy (non-hydrogen) atoms. The summed E-state index contributed by atoms with van der Waals surface area (Å²) in [6.07, 6.45) is 0. The number of benzene rings is 2. The Hall–Kier alpha value is -3.55. The number of ketones is 1. The van der Waals surface area contributed by atoms with Gasteiger partial charge in [-0.15, -0.1) is 0 Å². The van der Waals surface area contributed by atoms with Gasteiger partial charge in [0.15, 0.2) is 30.5 Å². The SMILES string of the molecule is O=C1COc2ccc(C(=O)COC(=O)c3ccc4c(c3)OCO4)cc2N1. The van der Waals surface area contributed by atoms with Gasteiger partial charge in [0.2, 0.25) is 6.79 Å². The van der Waals surface area contributed by atoms with Crippen molar-refractivity contribution in [2.75, 3.05) is 25.3 Å². The van der Waals surface area contributed by atoms with Crippen LogP contribution in [0.2, 0.25) is 0 Å². The van der Waals surface area contributed by atoms with Crippen LogP contribution < -0.4 is 19.5 Å². The van der Waals surface area contributed by atoms with Crippen molar-refractivity contribution >= 4 is 23.3 Å². The summed E-state index contributed by atoms with van der Waals surface area (Å²) in [6, 6.07) is 9.26. The standard InChI is InChI=1S/C18H13NO7/c20-13(10-1-3-14-12(5-10)19-17(21)8-23-14)7-24-18(22)11-2-4-15-16(6-11)26-9-25-15/h1-6H,7-9H2,(H,19,21). The summed E-state index contributed by atoms with van der Waals surface area (Å²) < 4.78 is 20.7. The Labute approximate surface area is 147 Å². The fourth-order valence-electron chi connectivity index (χ4n) is 2.58. The van der Waals surface area contributed by atoms with E-state index in [1.807, 2.05) is 0 Å². The summed E-state index contributed by atoms with van der Waals surface area (Å²) in [4.78, 5) is 35.7. The second-order valence-corrected chi connectivity index (χ2v) is 5.62. The van der Waals surface area contributed by atoms with Gasteiger partial charge >= 0.3 is 5.97 Å². The molecule has 0 bridgehead atoms. The zero-order valence-corrected chi connectivity index (χ0v) is 13.4. The van der Waals surface area contributed by atoms with E-state index in [1.165, 1.54) is 18.2 Å². The number of amides is 1. The molecular weight excluding hydrogens is 342 g/mol. The first-order chi connectivity index (χ1) is 12.6. The lowest BCUT2D eigenvalue weighted by atomic mass is 10.1. The van der Waals surface area contributed by atoms with Crippen LogP contribution in [0.3, 0.4) is 0 Å². The average molecular weight is 355 g/mol. The van der Waals surface area contributed by atoms with Crippen molar-refractivity contribution < 1.29 is 33.3 Å². The van der Waals surface area contributed by atoms with E-state index >= 15 is 0 Å². The highest BCUT2D eigenvalue weighted by atomic mass is 16.7. The molecule has 0 fully saturated rings. The Morgan fingerprint density at radius 3 is 2.62 bits per heavy atom. The molecule has 0 aromatic heterocycles. The van der Waals surface area contributed by atoms with Crippen LogP contribution in [0.15, 0.2) is 36.4 Å². The molecule has 132 valence electrons. The normalized spacial score (nSPS) is 14.1. The maximum absolute atomic E-state index is 12.3. The Bertz CT molecular complexity index is 922. The number of carbonyl (C=O) groups excluding carboxylic acids is 3. The first-order valence-corrected chi connectivity index (χ1v) is 7.77. The van der Waals surface area contributed by atoms with Crippen LogP contribution in [0.1, 0.15) is 20.7 Å². The van der Waals surface area contributed by atoms with Crippen LogP contribution in [-0.4, -0.2) is 37.7 Å². The van der Waals surface area contributed by atoms with Crippen molar-refractivity contribution in [3.63, 3.8) is 0 Å². The average Bonchev–Trinajstić information content (AvgIpc) is 3.13. The highest BCUT2D eigenvalue weighted by Gasteiger charge is 2.20. The largest absolute Gasteiger partial charge is 0.482 e. The summed E-state index contributed by atoms with van der Waals surface area (Å²) in [6.45, 7) is -0.390. The molecule has 4 rings (SSSR count). The van der Waals surface area contributed by atoms with Gasteiger partial charge in [-0.05, 0) is 36.4 Å². The lowest BCUT2D eigenvalue weighted by Crippen LogP contribution is -2.25. The molecule has 0 saturated carbocycles. The van der Waals surface area contributed by atoms with Gasteiger partial charge in [0.25, 0.3) is 5.91 Å². The van der Waals surface area contributed by atoms with Crippen molar-refractivity contribution in [2.45, 2.75) is 0 Å². The molecule has 0 saturated heterocycles. The molecule has 0 unspecified atom stereocenters. The van der Waals surface area contributed by atoms with Gasteiger partial charge < -0.3 is 24.3 Å². The van der Waals surface area contributed by atoms with Gasteiger partial charge in [0, 0.05) is 5.56 Å². The Kier molecular flexibility index (Phi) is 3.92. The fourth-order valence-corrected chi connectivity index (χ4v) is 2.58. The minimum absolute atomic E-state index is 0.0621. The van der Waals surface area contributed by atoms with Gasteiger partial charge in [-0.2, -0.15) is 0 Å². The highest BCUT2D eigenvalue weighted by Crippen LogP contribution is 2.32. The fraction of sp³-hybridized carbons (Fsp3) is 0.167. The number of anilines is 1. The summed E-state index contributed by atoms with van der Waals surface area (Å²) >= 11 is 0. The van der Waals surface area contributed by atoms with E-state index in [2.05, 4.69) is 5.32 Å². The van der Waals surface area contributed by atoms with Crippen molar-refractivity contribution in [3.05, 3.63) is 47.5 Å². The molecule has 2 aliphatic heterocycles. The van der Waals surface area contributed by atoms with Gasteiger partial charge in [0.1, 0.15) is 5.75 Å². The van der Waals surface area contributed by atoms with Crippen molar-refractivity contribution in [1.29, 1.82) is 0 Å². The summed E-state index contributed by atoms with van der Waals surface area (Å²) in [5.41, 5.74) is 0.968. The van der Waals surface area contributed by atoms with Crippen LogP contribution in [0.4, 0.5) is 5.69 Å². The van der Waals surface area contributed by atoms with E-state index in [4.69, 9.17) is 18.9 Å². The van der Waals surface area contributed by atoms with Crippen molar-refractivity contribution in [2.24, 2.45) is 0 Å². The monoisotopic (exact) mass is 355 g/mol. The zero-order chi connectivity index (χ0) is 18.1. The van der Waals surface area contributed by atoms with E-state index < -0.39 is 18.4 Å². The van der Waals surface area contributed by atoms with E-state index in [1.54, 1.807) is 18.2 Å². The second-order valence-electron chi connectivity index (χ2n) is 5.62. The Morgan fingerprint density at radius 2 is 1.73 bits per heavy atom. The number of rotatable bonds is 4. The number of nitrogens with one attached hydrogen (secondary N) is 1. The highest BCUT2D eigenvalue weighted by molar-refractivity contribution is 6.02. The molecule has 8 nitrogen and oxygen atoms in total. The molecule has 2 aliphatic rings. The van der Waals surface area contributed by atoms with Crippen molar-refractivity contribution in [1.82, 2.24) is 0 Å². The Morgan fingerprint density at radius 1 is 0.962 bits per heavy atom. The first kappa shape index (κ1) is 15.9. The molecular formula is C18H13NO7.